The second-order valence-electron chi connectivity index (χ2n) is 31.2. The normalized spacial score (nSPS) is 28.5. The van der Waals surface area contributed by atoms with E-state index in [1.165, 1.54) is 82.5 Å². The Morgan fingerprint density at radius 2 is 1.30 bits per heavy atom. The maximum Gasteiger partial charge on any atom is 0.417 e. The van der Waals surface area contributed by atoms with Gasteiger partial charge >= 0.3 is 6.18 Å². The van der Waals surface area contributed by atoms with Crippen molar-refractivity contribution in [1.29, 1.82) is 0 Å². The molecule has 0 radical (unpaired) electrons. The maximum absolute atomic E-state index is 15.9. The molecule has 1 spiro atoms. The summed E-state index contributed by atoms with van der Waals surface area (Å²) in [5.41, 5.74) is -0.798. The van der Waals surface area contributed by atoms with Gasteiger partial charge in [0, 0.05) is 61.3 Å². The fraction of sp³-hybridized carbons (Fsp3) is 0.688. The number of morpholine rings is 1. The average Bonchev–Trinajstić information content (AvgIpc) is 1.71. The van der Waals surface area contributed by atoms with Gasteiger partial charge in [-0.2, -0.15) is 13.2 Å². The molecule has 25 nitrogen and oxygen atoms in total. The van der Waals surface area contributed by atoms with E-state index in [4.69, 9.17) is 16.3 Å². The number of halogens is 4. The van der Waals surface area contributed by atoms with Gasteiger partial charge in [0.15, 0.2) is 0 Å². The van der Waals surface area contributed by atoms with E-state index in [0.29, 0.717) is 56.9 Å². The molecule has 106 heavy (non-hydrogen) atoms. The Labute approximate surface area is 626 Å². The summed E-state index contributed by atoms with van der Waals surface area (Å²) in [6, 6.07) is -1.54. The van der Waals surface area contributed by atoms with Crippen molar-refractivity contribution in [3.8, 4) is 0 Å². The first-order valence-corrected chi connectivity index (χ1v) is 38.5. The second kappa shape index (κ2) is 35.0. The number of nitrogens with zero attached hydrogens (tertiary/aromatic N) is 9. The summed E-state index contributed by atoms with van der Waals surface area (Å²) in [4.78, 5) is 195. The van der Waals surface area contributed by atoms with Crippen LogP contribution in [0.3, 0.4) is 0 Å². The molecule has 7 fully saturated rings. The van der Waals surface area contributed by atoms with Crippen LogP contribution in [0.5, 0.6) is 0 Å². The number of fused-ring (bicyclic) bond motifs is 4. The standard InChI is InChI=1S/C77H110ClF3N12O13/c1-13-47(6)64-73(103)86(9)48(7)68(98)92-37-33-58(92)71(101)90(14-2)61(40-50-25-23-46(5)24-26-50)70(100)85(8)42-62(94)82-56(32-28-49-27-31-54(55(78)39-49)77(79,80)81)69(99)91-36-19-22-57(91)67(97)84-76(34-17-18-35-76)75(105)89(12)65(51-20-15-16-21-51)74(104)88(11)60(72(102)93-52-29-30-53(93)44-106-43-52)41-63(95)87(10)59(38-45(3)4)66(96)83-64/h23-27,31,39,45,47-48,51-53,56-61,64-65H,13-22,28-30,32-38,40-44H2,1-12H3,(H,82,94)(H,83,96)(H,84,97)/t47-,48-,52?,53?,56-,57-,58-,59-,60-,61-,64-,65-/m0/s1. The van der Waals surface area contributed by atoms with Crippen molar-refractivity contribution in [1.82, 2.24) is 60.0 Å². The molecule has 2 unspecified atom stereocenters. The van der Waals surface area contributed by atoms with Crippen LogP contribution in [0.25, 0.3) is 0 Å². The summed E-state index contributed by atoms with van der Waals surface area (Å²) in [6.45, 7) is 12.4. The Morgan fingerprint density at radius 3 is 1.89 bits per heavy atom. The second-order valence-corrected chi connectivity index (χ2v) is 31.6. The van der Waals surface area contributed by atoms with Gasteiger partial charge in [-0.1, -0.05) is 107 Å². The van der Waals surface area contributed by atoms with E-state index in [2.05, 4.69) is 16.0 Å². The molecule has 2 bridgehead atoms. The van der Waals surface area contributed by atoms with Gasteiger partial charge in [0.05, 0.1) is 48.8 Å². The number of carbonyl (C=O) groups excluding carboxylic acids is 12. The average molecular weight is 1500 g/mol. The van der Waals surface area contributed by atoms with Gasteiger partial charge in [-0.15, -0.1) is 0 Å². The van der Waals surface area contributed by atoms with E-state index >= 15 is 47.9 Å². The molecule has 7 aliphatic rings. The number of rotatable bonds is 12. The van der Waals surface area contributed by atoms with Crippen LogP contribution in [0.1, 0.15) is 173 Å². The number of benzene rings is 2. The van der Waals surface area contributed by atoms with E-state index in [-0.39, 0.29) is 108 Å². The molecule has 2 saturated carbocycles. The molecule has 2 aromatic rings. The number of nitrogens with one attached hydrogen (secondary N) is 3. The SMILES string of the molecule is CC[C@H](C)[C@@H]1NC(=O)[C@H](CC(C)C)N(C)C(=O)C[C@@H](C(=O)N2C3CCC2COC3)N(C)C(=O)[C@H](C2CCCC2)N(C)C(=O)C2(CCCC2)NC(=O)[C@@H]2CCCN2C(=O)[C@H](CCc2ccc(C(F)(F)F)c(Cl)c2)NC(=O)CN(C)C(=O)[C@H](Cc2ccc(C)cc2)N(CC)C(=O)[C@@H]2CCN2C(=O)[C@H](C)N(C)C1=O. The summed E-state index contributed by atoms with van der Waals surface area (Å²) < 4.78 is 47.7. The van der Waals surface area contributed by atoms with Crippen molar-refractivity contribution in [2.45, 2.75) is 249 Å². The van der Waals surface area contributed by atoms with Crippen LogP contribution in [0.15, 0.2) is 42.5 Å². The Balaban J connectivity index is 1.11. The monoisotopic (exact) mass is 1500 g/mol. The molecule has 584 valence electrons. The first-order valence-electron chi connectivity index (χ1n) is 38.1. The summed E-state index contributed by atoms with van der Waals surface area (Å²) in [7, 11) is 7.21. The number of aryl methyl sites for hydroxylation is 2. The summed E-state index contributed by atoms with van der Waals surface area (Å²) in [6.07, 6.45) is 0.543. The van der Waals surface area contributed by atoms with Crippen molar-refractivity contribution < 1.29 is 75.4 Å². The van der Waals surface area contributed by atoms with Crippen LogP contribution < -0.4 is 16.0 Å². The van der Waals surface area contributed by atoms with Gasteiger partial charge in [0.2, 0.25) is 70.9 Å². The fourth-order valence-corrected chi connectivity index (χ4v) is 17.2. The van der Waals surface area contributed by atoms with Crippen molar-refractivity contribution in [3.05, 3.63) is 69.7 Å². The number of likely N-dealkylation sites (N-methyl/N-ethyl adjacent to an activating group) is 6. The summed E-state index contributed by atoms with van der Waals surface area (Å²) >= 11 is 6.19. The number of ether oxygens (including phenoxy) is 1. The highest BCUT2D eigenvalue weighted by Gasteiger charge is 2.53. The number of carbonyl (C=O) groups is 12. The lowest BCUT2D eigenvalue weighted by Crippen LogP contribution is -2.66. The highest BCUT2D eigenvalue weighted by Crippen LogP contribution is 2.40. The topological polar surface area (TPSA) is 279 Å². The predicted molar refractivity (Wildman–Crippen MR) is 388 cm³/mol. The maximum atomic E-state index is 15.9. The zero-order valence-corrected chi connectivity index (χ0v) is 64.4. The van der Waals surface area contributed by atoms with E-state index in [9.17, 15) is 22.8 Å². The molecule has 0 aromatic heterocycles. The number of alkyl halides is 3. The van der Waals surface area contributed by atoms with Gasteiger partial charge in [0.25, 0.3) is 0 Å². The minimum atomic E-state index is -4.77. The van der Waals surface area contributed by atoms with E-state index in [1.54, 1.807) is 18.7 Å². The van der Waals surface area contributed by atoms with Gasteiger partial charge in [-0.25, -0.2) is 0 Å². The zero-order chi connectivity index (χ0) is 77.5. The van der Waals surface area contributed by atoms with Crippen molar-refractivity contribution in [2.75, 3.05) is 74.6 Å². The molecule has 29 heteroatoms. The molecule has 2 aliphatic carbocycles. The molecule has 12 atom stereocenters. The third kappa shape index (κ3) is 18.1. The number of amides is 12. The Morgan fingerprint density at radius 1 is 0.670 bits per heavy atom. The zero-order valence-electron chi connectivity index (χ0n) is 63.6. The first-order chi connectivity index (χ1) is 50.1. The van der Waals surface area contributed by atoms with Crippen molar-refractivity contribution in [2.24, 2.45) is 17.8 Å². The molecule has 3 N–H and O–H groups in total. The fourth-order valence-electron chi connectivity index (χ4n) is 16.9. The molecule has 12 amide bonds. The Kier molecular flexibility index (Phi) is 27.1. The van der Waals surface area contributed by atoms with Gasteiger partial charge in [-0.05, 0) is 139 Å². The molecular formula is C77H110ClF3N12O13. The lowest BCUT2D eigenvalue weighted by atomic mass is 9.90. The van der Waals surface area contributed by atoms with E-state index in [1.807, 2.05) is 52.0 Å². The van der Waals surface area contributed by atoms with Crippen LogP contribution in [0, 0.1) is 24.7 Å². The minimum absolute atomic E-state index is 0.0208. The lowest BCUT2D eigenvalue weighted by Gasteiger charge is -2.45. The number of hydrogen-bond donors (Lipinski definition) is 3. The van der Waals surface area contributed by atoms with Crippen molar-refractivity contribution in [3.63, 3.8) is 0 Å². The molecular weight excluding hydrogens is 1390 g/mol. The van der Waals surface area contributed by atoms with Crippen LogP contribution in [-0.4, -0.2) is 262 Å². The Hall–Kier alpha value is -7.88. The molecule has 2 aromatic carbocycles. The number of hydrogen-bond acceptors (Lipinski definition) is 13. The summed E-state index contributed by atoms with van der Waals surface area (Å²) in [5.74, 6) is -8.88. The predicted octanol–water partition coefficient (Wildman–Crippen LogP) is 5.91. The molecule has 5 heterocycles. The van der Waals surface area contributed by atoms with Crippen molar-refractivity contribution >= 4 is 82.5 Å². The largest absolute Gasteiger partial charge is 0.417 e. The van der Waals surface area contributed by atoms with Gasteiger partial charge in [0.1, 0.15) is 59.9 Å². The molecule has 9 rings (SSSR count). The molecule has 5 aliphatic heterocycles. The Bertz CT molecular complexity index is 3580. The lowest BCUT2D eigenvalue weighted by molar-refractivity contribution is -0.161. The summed E-state index contributed by atoms with van der Waals surface area (Å²) in [5, 5.41) is 8.23. The van der Waals surface area contributed by atoms with E-state index < -0.39 is 172 Å². The minimum Gasteiger partial charge on any atom is -0.377 e. The van der Waals surface area contributed by atoms with Crippen LogP contribution in [0.2, 0.25) is 5.02 Å². The van der Waals surface area contributed by atoms with Gasteiger partial charge < -0.3 is 64.8 Å². The van der Waals surface area contributed by atoms with Crippen LogP contribution >= 0.6 is 11.6 Å². The third-order valence-electron chi connectivity index (χ3n) is 23.7. The van der Waals surface area contributed by atoms with Gasteiger partial charge in [-0.3, -0.25) is 57.5 Å². The highest BCUT2D eigenvalue weighted by molar-refractivity contribution is 6.31. The quantitative estimate of drug-likeness (QED) is 0.223. The smallest absolute Gasteiger partial charge is 0.377 e. The van der Waals surface area contributed by atoms with E-state index in [0.717, 1.165) is 35.4 Å². The molecule has 5 saturated heterocycles. The third-order valence-corrected chi connectivity index (χ3v) is 24.0. The first kappa shape index (κ1) is 82.2. The highest BCUT2D eigenvalue weighted by atomic mass is 35.5. The van der Waals surface area contributed by atoms with Crippen LogP contribution in [-0.2, 0) is 81.3 Å². The van der Waals surface area contributed by atoms with Crippen LogP contribution in [0.4, 0.5) is 13.2 Å².